The smallest absolute Gasteiger partial charge is 0.330 e. The highest BCUT2D eigenvalue weighted by molar-refractivity contribution is 5.56. The number of aryl methyl sites for hydroxylation is 1. The molecular weight excluding hydrogens is 282 g/mol. The average Bonchev–Trinajstić information content (AvgIpc) is 3.00. The van der Waals surface area contributed by atoms with Crippen LogP contribution in [0.5, 0.6) is 0 Å². The second kappa shape index (κ2) is 6.15. The Morgan fingerprint density at radius 3 is 2.55 bits per heavy atom. The van der Waals surface area contributed by atoms with Crippen LogP contribution in [0, 0.1) is 17.0 Å². The second-order valence-corrected chi connectivity index (χ2v) is 5.61. The topological polar surface area (TPSA) is 78.3 Å². The number of nitro groups is 1. The molecule has 1 aromatic carbocycles. The molecule has 1 fully saturated rings. The predicted octanol–water partition coefficient (Wildman–Crippen LogP) is 1.95. The van der Waals surface area contributed by atoms with Gasteiger partial charge in [0, 0.05) is 32.7 Å². The number of piperazine rings is 1. The molecule has 0 bridgehead atoms. The summed E-state index contributed by atoms with van der Waals surface area (Å²) in [6.07, 6.45) is 1.27. The van der Waals surface area contributed by atoms with Crippen molar-refractivity contribution in [1.29, 1.82) is 0 Å². The van der Waals surface area contributed by atoms with Gasteiger partial charge in [-0.1, -0.05) is 29.8 Å². The minimum atomic E-state index is -0.391. The maximum Gasteiger partial charge on any atom is 0.330 e. The highest BCUT2D eigenvalue weighted by atomic mass is 16.6. The van der Waals surface area contributed by atoms with Gasteiger partial charge in [0.15, 0.2) is 0 Å². The number of benzene rings is 1. The summed E-state index contributed by atoms with van der Waals surface area (Å²) in [5.74, 6) is 0.514. The molecule has 2 aromatic rings. The van der Waals surface area contributed by atoms with E-state index in [0.717, 1.165) is 32.7 Å². The number of rotatable bonds is 4. The Kier molecular flexibility index (Phi) is 4.06. The zero-order valence-electron chi connectivity index (χ0n) is 12.5. The summed E-state index contributed by atoms with van der Waals surface area (Å²) in [5, 5.41) is 17.5. The van der Waals surface area contributed by atoms with Crippen molar-refractivity contribution in [2.75, 3.05) is 31.1 Å². The molecule has 22 heavy (non-hydrogen) atoms. The highest BCUT2D eigenvalue weighted by Gasteiger charge is 2.25. The van der Waals surface area contributed by atoms with E-state index in [1.54, 1.807) is 0 Å². The lowest BCUT2D eigenvalue weighted by atomic mass is 10.1. The van der Waals surface area contributed by atoms with Crippen LogP contribution in [-0.2, 0) is 6.54 Å². The number of nitrogens with one attached hydrogen (secondary N) is 1. The fraction of sp³-hybridized carbons (Fsp3) is 0.400. The van der Waals surface area contributed by atoms with Crippen LogP contribution in [-0.4, -0.2) is 46.2 Å². The molecule has 1 aliphatic rings. The van der Waals surface area contributed by atoms with Gasteiger partial charge in [0.25, 0.3) is 0 Å². The first-order chi connectivity index (χ1) is 10.6. The Morgan fingerprint density at radius 2 is 1.91 bits per heavy atom. The van der Waals surface area contributed by atoms with Crippen molar-refractivity contribution in [1.82, 2.24) is 15.1 Å². The van der Waals surface area contributed by atoms with Gasteiger partial charge in [0.1, 0.15) is 6.20 Å². The molecule has 0 amide bonds. The summed E-state index contributed by atoms with van der Waals surface area (Å²) in [5.41, 5.74) is 2.61. The van der Waals surface area contributed by atoms with Crippen LogP contribution in [0.25, 0.3) is 0 Å². The van der Waals surface area contributed by atoms with E-state index < -0.39 is 4.92 Å². The Bertz CT molecular complexity index is 644. The van der Waals surface area contributed by atoms with Crippen LogP contribution in [0.4, 0.5) is 11.5 Å². The molecule has 0 atom stereocenters. The van der Waals surface area contributed by atoms with Crippen LogP contribution in [0.2, 0.25) is 0 Å². The zero-order chi connectivity index (χ0) is 15.5. The lowest BCUT2D eigenvalue weighted by Crippen LogP contribution is -2.46. The molecule has 7 heteroatoms. The molecule has 1 saturated heterocycles. The molecule has 3 rings (SSSR count). The van der Waals surface area contributed by atoms with Gasteiger partial charge in [0.2, 0.25) is 5.82 Å². The van der Waals surface area contributed by atoms with E-state index in [4.69, 9.17) is 0 Å². The van der Waals surface area contributed by atoms with E-state index in [2.05, 4.69) is 46.3 Å². The summed E-state index contributed by atoms with van der Waals surface area (Å²) < 4.78 is 0. The van der Waals surface area contributed by atoms with Gasteiger partial charge in [-0.15, -0.1) is 0 Å². The lowest BCUT2D eigenvalue weighted by molar-refractivity contribution is -0.384. The molecule has 0 unspecified atom stereocenters. The third kappa shape index (κ3) is 3.09. The number of H-pyrrole nitrogens is 1. The lowest BCUT2D eigenvalue weighted by Gasteiger charge is -2.34. The van der Waals surface area contributed by atoms with E-state index in [1.165, 1.54) is 17.3 Å². The van der Waals surface area contributed by atoms with Gasteiger partial charge >= 0.3 is 5.69 Å². The van der Waals surface area contributed by atoms with Crippen LogP contribution in [0.15, 0.2) is 30.5 Å². The number of aromatic nitrogens is 2. The van der Waals surface area contributed by atoms with E-state index in [0.29, 0.717) is 5.82 Å². The quantitative estimate of drug-likeness (QED) is 0.690. The summed E-state index contributed by atoms with van der Waals surface area (Å²) in [7, 11) is 0. The first-order valence-corrected chi connectivity index (χ1v) is 7.34. The third-order valence-electron chi connectivity index (χ3n) is 4.01. The van der Waals surface area contributed by atoms with E-state index in [9.17, 15) is 10.1 Å². The van der Waals surface area contributed by atoms with Crippen LogP contribution < -0.4 is 4.90 Å². The van der Waals surface area contributed by atoms with E-state index >= 15 is 0 Å². The van der Waals surface area contributed by atoms with Crippen molar-refractivity contribution in [3.63, 3.8) is 0 Å². The summed E-state index contributed by atoms with van der Waals surface area (Å²) >= 11 is 0. The van der Waals surface area contributed by atoms with Crippen LogP contribution >= 0.6 is 0 Å². The molecule has 1 N–H and O–H groups in total. The average molecular weight is 301 g/mol. The summed E-state index contributed by atoms with van der Waals surface area (Å²) in [4.78, 5) is 14.9. The first-order valence-electron chi connectivity index (χ1n) is 7.34. The van der Waals surface area contributed by atoms with Crippen LogP contribution in [0.3, 0.4) is 0 Å². The van der Waals surface area contributed by atoms with Gasteiger partial charge in [0.05, 0.1) is 4.92 Å². The van der Waals surface area contributed by atoms with Crippen molar-refractivity contribution in [2.24, 2.45) is 0 Å². The summed E-state index contributed by atoms with van der Waals surface area (Å²) in [6.45, 7) is 6.27. The van der Waals surface area contributed by atoms with Crippen molar-refractivity contribution in [2.45, 2.75) is 13.5 Å². The summed E-state index contributed by atoms with van der Waals surface area (Å²) in [6, 6.07) is 8.56. The zero-order valence-corrected chi connectivity index (χ0v) is 12.5. The molecule has 7 nitrogen and oxygen atoms in total. The van der Waals surface area contributed by atoms with Crippen molar-refractivity contribution < 1.29 is 4.92 Å². The predicted molar refractivity (Wildman–Crippen MR) is 83.9 cm³/mol. The molecule has 0 saturated carbocycles. The van der Waals surface area contributed by atoms with Gasteiger partial charge in [-0.05, 0) is 12.5 Å². The number of hydrogen-bond donors (Lipinski definition) is 1. The minimum Gasteiger partial charge on any atom is -0.349 e. The Hall–Kier alpha value is -2.41. The number of anilines is 1. The monoisotopic (exact) mass is 301 g/mol. The fourth-order valence-electron chi connectivity index (χ4n) is 2.72. The molecule has 1 aromatic heterocycles. The SMILES string of the molecule is Cc1ccc(CN2CCN(c3[nH]ncc3[N+](=O)[O-])CC2)cc1. The minimum absolute atomic E-state index is 0.0481. The largest absolute Gasteiger partial charge is 0.349 e. The standard InChI is InChI=1S/C15H19N5O2/c1-12-2-4-13(5-3-12)11-18-6-8-19(9-7-18)15-14(20(21)22)10-16-17-15/h2-5,10H,6-9,11H2,1H3,(H,16,17). The molecule has 0 radical (unpaired) electrons. The molecule has 0 aliphatic carbocycles. The Balaban J connectivity index is 1.59. The number of nitrogens with zero attached hydrogens (tertiary/aromatic N) is 4. The van der Waals surface area contributed by atoms with Crippen molar-refractivity contribution in [3.05, 3.63) is 51.7 Å². The number of hydrogen-bond acceptors (Lipinski definition) is 5. The third-order valence-corrected chi connectivity index (χ3v) is 4.01. The Morgan fingerprint density at radius 1 is 1.23 bits per heavy atom. The maximum absolute atomic E-state index is 11.0. The normalized spacial score (nSPS) is 16.0. The maximum atomic E-state index is 11.0. The van der Waals surface area contributed by atoms with Gasteiger partial charge < -0.3 is 4.90 Å². The van der Waals surface area contributed by atoms with Gasteiger partial charge in [-0.25, -0.2) is 0 Å². The van der Waals surface area contributed by atoms with E-state index in [1.807, 2.05) is 4.90 Å². The van der Waals surface area contributed by atoms with Crippen molar-refractivity contribution >= 4 is 11.5 Å². The first kappa shape index (κ1) is 14.5. The van der Waals surface area contributed by atoms with Crippen LogP contribution in [0.1, 0.15) is 11.1 Å². The number of aromatic amines is 1. The fourth-order valence-corrected chi connectivity index (χ4v) is 2.72. The van der Waals surface area contributed by atoms with Gasteiger partial charge in [-0.3, -0.25) is 20.1 Å². The molecule has 2 heterocycles. The molecular formula is C15H19N5O2. The van der Waals surface area contributed by atoms with E-state index in [-0.39, 0.29) is 5.69 Å². The van der Waals surface area contributed by atoms with Crippen molar-refractivity contribution in [3.8, 4) is 0 Å². The second-order valence-electron chi connectivity index (χ2n) is 5.61. The van der Waals surface area contributed by atoms with Gasteiger partial charge in [-0.2, -0.15) is 5.10 Å². The highest BCUT2D eigenvalue weighted by Crippen LogP contribution is 2.25. The molecule has 1 aliphatic heterocycles. The Labute approximate surface area is 128 Å². The molecule has 116 valence electrons. The molecule has 0 spiro atoms.